The predicted octanol–water partition coefficient (Wildman–Crippen LogP) is 0.972. The van der Waals surface area contributed by atoms with Gasteiger partial charge in [-0.15, -0.1) is 0 Å². The minimum absolute atomic E-state index is 0.493. The third kappa shape index (κ3) is 3.61. The maximum absolute atomic E-state index is 5.02. The molecule has 0 aliphatic heterocycles. The van der Waals surface area contributed by atoms with Crippen LogP contribution < -0.4 is 5.32 Å². The van der Waals surface area contributed by atoms with E-state index in [0.717, 1.165) is 13.0 Å². The SMILES string of the molecule is CNC(Cc1ccoc1)CN(C)C. The van der Waals surface area contributed by atoms with Gasteiger partial charge in [0.25, 0.3) is 0 Å². The predicted molar refractivity (Wildman–Crippen MR) is 53.8 cm³/mol. The Hall–Kier alpha value is -0.800. The summed E-state index contributed by atoms with van der Waals surface area (Å²) in [6.45, 7) is 1.04. The van der Waals surface area contributed by atoms with Crippen LogP contribution in [0.5, 0.6) is 0 Å². The monoisotopic (exact) mass is 182 g/mol. The molecule has 0 saturated carbocycles. The van der Waals surface area contributed by atoms with E-state index in [2.05, 4.69) is 24.3 Å². The van der Waals surface area contributed by atoms with E-state index in [-0.39, 0.29) is 0 Å². The van der Waals surface area contributed by atoms with Crippen LogP contribution >= 0.6 is 0 Å². The van der Waals surface area contributed by atoms with Crippen molar-refractivity contribution in [2.75, 3.05) is 27.7 Å². The molecule has 0 radical (unpaired) electrons. The zero-order chi connectivity index (χ0) is 9.68. The molecule has 1 heterocycles. The molecule has 3 heteroatoms. The Morgan fingerprint density at radius 2 is 2.31 bits per heavy atom. The second kappa shape index (κ2) is 5.04. The lowest BCUT2D eigenvalue weighted by Gasteiger charge is -2.19. The first kappa shape index (κ1) is 10.3. The Morgan fingerprint density at radius 3 is 2.77 bits per heavy atom. The largest absolute Gasteiger partial charge is 0.472 e. The summed E-state index contributed by atoms with van der Waals surface area (Å²) in [7, 11) is 6.16. The van der Waals surface area contributed by atoms with Crippen LogP contribution in [-0.2, 0) is 6.42 Å². The highest BCUT2D eigenvalue weighted by molar-refractivity contribution is 5.07. The zero-order valence-corrected chi connectivity index (χ0v) is 8.58. The van der Waals surface area contributed by atoms with Crippen LogP contribution in [0.3, 0.4) is 0 Å². The third-order valence-electron chi connectivity index (χ3n) is 2.06. The molecule has 3 nitrogen and oxygen atoms in total. The zero-order valence-electron chi connectivity index (χ0n) is 8.58. The van der Waals surface area contributed by atoms with E-state index in [1.54, 1.807) is 12.5 Å². The Morgan fingerprint density at radius 1 is 1.54 bits per heavy atom. The summed E-state index contributed by atoms with van der Waals surface area (Å²) in [6, 6.07) is 2.51. The smallest absolute Gasteiger partial charge is 0.0935 e. The number of hydrogen-bond donors (Lipinski definition) is 1. The highest BCUT2D eigenvalue weighted by Crippen LogP contribution is 2.04. The van der Waals surface area contributed by atoms with E-state index in [9.17, 15) is 0 Å². The summed E-state index contributed by atoms with van der Waals surface area (Å²) in [4.78, 5) is 2.18. The van der Waals surface area contributed by atoms with Crippen molar-refractivity contribution in [1.29, 1.82) is 0 Å². The van der Waals surface area contributed by atoms with Crippen molar-refractivity contribution in [1.82, 2.24) is 10.2 Å². The lowest BCUT2D eigenvalue weighted by atomic mass is 10.1. The molecule has 1 unspecified atom stereocenters. The molecular formula is C10H18N2O. The molecule has 0 aliphatic carbocycles. The quantitative estimate of drug-likeness (QED) is 0.735. The molecule has 1 aromatic rings. The van der Waals surface area contributed by atoms with Gasteiger partial charge in [0, 0.05) is 12.6 Å². The lowest BCUT2D eigenvalue weighted by molar-refractivity contribution is 0.346. The maximum Gasteiger partial charge on any atom is 0.0935 e. The van der Waals surface area contributed by atoms with E-state index in [0.29, 0.717) is 6.04 Å². The first-order valence-electron chi connectivity index (χ1n) is 4.55. The molecule has 0 spiro atoms. The van der Waals surface area contributed by atoms with Crippen LogP contribution in [0, 0.1) is 0 Å². The van der Waals surface area contributed by atoms with Gasteiger partial charge in [-0.3, -0.25) is 0 Å². The summed E-state index contributed by atoms with van der Waals surface area (Å²) in [5, 5.41) is 3.29. The van der Waals surface area contributed by atoms with Crippen LogP contribution in [0.2, 0.25) is 0 Å². The molecule has 0 aliphatic rings. The van der Waals surface area contributed by atoms with E-state index in [1.807, 2.05) is 13.1 Å². The molecule has 1 N–H and O–H groups in total. The second-order valence-corrected chi connectivity index (χ2v) is 3.58. The summed E-state index contributed by atoms with van der Waals surface area (Å²) >= 11 is 0. The van der Waals surface area contributed by atoms with Crippen LogP contribution in [0.15, 0.2) is 23.0 Å². The average Bonchev–Trinajstić information content (AvgIpc) is 2.55. The van der Waals surface area contributed by atoms with Crippen LogP contribution in [-0.4, -0.2) is 38.6 Å². The van der Waals surface area contributed by atoms with Crippen molar-refractivity contribution in [3.63, 3.8) is 0 Å². The highest BCUT2D eigenvalue weighted by atomic mass is 16.3. The van der Waals surface area contributed by atoms with E-state index in [4.69, 9.17) is 4.42 Å². The van der Waals surface area contributed by atoms with E-state index in [1.165, 1.54) is 5.56 Å². The fraction of sp³-hybridized carbons (Fsp3) is 0.600. The average molecular weight is 182 g/mol. The first-order valence-corrected chi connectivity index (χ1v) is 4.55. The van der Waals surface area contributed by atoms with Gasteiger partial charge in [-0.25, -0.2) is 0 Å². The van der Waals surface area contributed by atoms with Gasteiger partial charge in [0.2, 0.25) is 0 Å². The summed E-state index contributed by atoms with van der Waals surface area (Å²) in [6.07, 6.45) is 4.54. The maximum atomic E-state index is 5.02. The van der Waals surface area contributed by atoms with Crippen molar-refractivity contribution in [3.8, 4) is 0 Å². The van der Waals surface area contributed by atoms with Crippen molar-refractivity contribution in [2.45, 2.75) is 12.5 Å². The molecule has 0 fully saturated rings. The fourth-order valence-corrected chi connectivity index (χ4v) is 1.39. The molecule has 0 bridgehead atoms. The highest BCUT2D eigenvalue weighted by Gasteiger charge is 2.08. The Kier molecular flexibility index (Phi) is 3.99. The van der Waals surface area contributed by atoms with Gasteiger partial charge in [0.1, 0.15) is 0 Å². The summed E-state index contributed by atoms with van der Waals surface area (Å²) < 4.78 is 5.02. The Labute approximate surface area is 79.7 Å². The number of furan rings is 1. The molecule has 74 valence electrons. The first-order chi connectivity index (χ1) is 6.22. The minimum atomic E-state index is 0.493. The van der Waals surface area contributed by atoms with E-state index >= 15 is 0 Å². The molecule has 1 atom stereocenters. The minimum Gasteiger partial charge on any atom is -0.472 e. The number of rotatable bonds is 5. The van der Waals surface area contributed by atoms with Crippen LogP contribution in [0.25, 0.3) is 0 Å². The van der Waals surface area contributed by atoms with Crippen LogP contribution in [0.4, 0.5) is 0 Å². The van der Waals surface area contributed by atoms with Gasteiger partial charge in [0.15, 0.2) is 0 Å². The van der Waals surface area contributed by atoms with Gasteiger partial charge in [-0.05, 0) is 39.2 Å². The topological polar surface area (TPSA) is 28.4 Å². The van der Waals surface area contributed by atoms with Gasteiger partial charge in [-0.1, -0.05) is 0 Å². The molecule has 0 saturated heterocycles. The van der Waals surface area contributed by atoms with Crippen molar-refractivity contribution >= 4 is 0 Å². The number of likely N-dealkylation sites (N-methyl/N-ethyl adjacent to an activating group) is 2. The van der Waals surface area contributed by atoms with Gasteiger partial charge in [-0.2, -0.15) is 0 Å². The number of nitrogens with one attached hydrogen (secondary N) is 1. The van der Waals surface area contributed by atoms with E-state index < -0.39 is 0 Å². The number of hydrogen-bond acceptors (Lipinski definition) is 3. The molecule has 0 amide bonds. The third-order valence-corrected chi connectivity index (χ3v) is 2.06. The van der Waals surface area contributed by atoms with Gasteiger partial charge in [0.05, 0.1) is 12.5 Å². The lowest BCUT2D eigenvalue weighted by Crippen LogP contribution is -2.37. The molecular weight excluding hydrogens is 164 g/mol. The second-order valence-electron chi connectivity index (χ2n) is 3.58. The normalized spacial score (nSPS) is 13.5. The summed E-state index contributed by atoms with van der Waals surface area (Å²) in [5.74, 6) is 0. The molecule has 1 rings (SSSR count). The molecule has 0 aromatic carbocycles. The van der Waals surface area contributed by atoms with Crippen molar-refractivity contribution in [3.05, 3.63) is 24.2 Å². The van der Waals surface area contributed by atoms with Gasteiger partial charge < -0.3 is 14.6 Å². The Bertz CT molecular complexity index is 219. The molecule has 13 heavy (non-hydrogen) atoms. The Balaban J connectivity index is 2.40. The fourth-order valence-electron chi connectivity index (χ4n) is 1.39. The van der Waals surface area contributed by atoms with Crippen molar-refractivity contribution in [2.24, 2.45) is 0 Å². The van der Waals surface area contributed by atoms with Crippen LogP contribution in [0.1, 0.15) is 5.56 Å². The summed E-state index contributed by atoms with van der Waals surface area (Å²) in [5.41, 5.74) is 1.25. The van der Waals surface area contributed by atoms with Gasteiger partial charge >= 0.3 is 0 Å². The van der Waals surface area contributed by atoms with Crippen molar-refractivity contribution < 1.29 is 4.42 Å². The number of nitrogens with zero attached hydrogens (tertiary/aromatic N) is 1. The standard InChI is InChI=1S/C10H18N2O/c1-11-10(7-12(2)3)6-9-4-5-13-8-9/h4-5,8,10-11H,6-7H2,1-3H3. The molecule has 1 aromatic heterocycles.